The SMILES string of the molecule is O=C(NC[C@@H](c1ccco1)c1cccs1)c1ccoc1. The van der Waals surface area contributed by atoms with Crippen LogP contribution in [0, 0.1) is 0 Å². The lowest BCUT2D eigenvalue weighted by atomic mass is 10.0. The number of amides is 1. The zero-order chi connectivity index (χ0) is 13.8. The van der Waals surface area contributed by atoms with Gasteiger partial charge in [0.2, 0.25) is 0 Å². The topological polar surface area (TPSA) is 55.4 Å². The van der Waals surface area contributed by atoms with E-state index in [1.165, 1.54) is 12.5 Å². The summed E-state index contributed by atoms with van der Waals surface area (Å²) in [6, 6.07) is 9.46. The van der Waals surface area contributed by atoms with Crippen molar-refractivity contribution in [2.24, 2.45) is 0 Å². The fourth-order valence-electron chi connectivity index (χ4n) is 2.01. The monoisotopic (exact) mass is 287 g/mol. The molecule has 4 nitrogen and oxygen atoms in total. The number of furan rings is 2. The Balaban J connectivity index is 1.73. The lowest BCUT2D eigenvalue weighted by Crippen LogP contribution is -2.28. The van der Waals surface area contributed by atoms with Crippen molar-refractivity contribution < 1.29 is 13.6 Å². The summed E-state index contributed by atoms with van der Waals surface area (Å²) in [5, 5.41) is 4.93. The number of rotatable bonds is 5. The molecule has 3 aromatic rings. The van der Waals surface area contributed by atoms with Gasteiger partial charge < -0.3 is 14.2 Å². The quantitative estimate of drug-likeness (QED) is 0.781. The van der Waals surface area contributed by atoms with E-state index in [1.807, 2.05) is 29.6 Å². The minimum absolute atomic E-state index is 0.0286. The normalized spacial score (nSPS) is 12.2. The van der Waals surface area contributed by atoms with Crippen molar-refractivity contribution >= 4 is 17.2 Å². The van der Waals surface area contributed by atoms with E-state index in [0.717, 1.165) is 10.6 Å². The highest BCUT2D eigenvalue weighted by atomic mass is 32.1. The lowest BCUT2D eigenvalue weighted by Gasteiger charge is -2.13. The molecule has 0 aromatic carbocycles. The minimum Gasteiger partial charge on any atom is -0.472 e. The minimum atomic E-state index is -0.146. The first kappa shape index (κ1) is 12.7. The van der Waals surface area contributed by atoms with E-state index < -0.39 is 0 Å². The number of hydrogen-bond acceptors (Lipinski definition) is 4. The van der Waals surface area contributed by atoms with Gasteiger partial charge in [0.15, 0.2) is 0 Å². The first-order valence-corrected chi connectivity index (χ1v) is 7.10. The molecule has 0 saturated carbocycles. The molecule has 1 amide bonds. The van der Waals surface area contributed by atoms with Crippen LogP contribution in [0.25, 0.3) is 0 Å². The van der Waals surface area contributed by atoms with Crippen LogP contribution in [-0.4, -0.2) is 12.5 Å². The van der Waals surface area contributed by atoms with E-state index in [2.05, 4.69) is 5.32 Å². The van der Waals surface area contributed by atoms with Crippen LogP contribution in [0.15, 0.2) is 63.3 Å². The Labute approximate surface area is 120 Å². The molecule has 3 rings (SSSR count). The highest BCUT2D eigenvalue weighted by Crippen LogP contribution is 2.28. The Morgan fingerprint density at radius 1 is 1.25 bits per heavy atom. The summed E-state index contributed by atoms with van der Waals surface area (Å²) in [4.78, 5) is 13.1. The van der Waals surface area contributed by atoms with Gasteiger partial charge in [-0.2, -0.15) is 0 Å². The smallest absolute Gasteiger partial charge is 0.254 e. The molecule has 1 N–H and O–H groups in total. The number of carbonyl (C=O) groups is 1. The average molecular weight is 287 g/mol. The maximum Gasteiger partial charge on any atom is 0.254 e. The summed E-state index contributed by atoms with van der Waals surface area (Å²) in [6.45, 7) is 0.484. The number of nitrogens with one attached hydrogen (secondary N) is 1. The summed E-state index contributed by atoms with van der Waals surface area (Å²) in [5.41, 5.74) is 0.523. The summed E-state index contributed by atoms with van der Waals surface area (Å²) >= 11 is 1.65. The van der Waals surface area contributed by atoms with Gasteiger partial charge in [0.05, 0.1) is 24.0 Å². The summed E-state index contributed by atoms with van der Waals surface area (Å²) < 4.78 is 10.4. The van der Waals surface area contributed by atoms with Crippen LogP contribution >= 0.6 is 11.3 Å². The second-order valence-electron chi connectivity index (χ2n) is 4.31. The molecule has 0 aliphatic rings. The molecule has 0 bridgehead atoms. The van der Waals surface area contributed by atoms with Gasteiger partial charge >= 0.3 is 0 Å². The highest BCUT2D eigenvalue weighted by Gasteiger charge is 2.19. The fraction of sp³-hybridized carbons (Fsp3) is 0.133. The molecule has 5 heteroatoms. The molecule has 0 saturated heterocycles. The van der Waals surface area contributed by atoms with Crippen LogP contribution in [0.2, 0.25) is 0 Å². The third-order valence-electron chi connectivity index (χ3n) is 3.02. The molecule has 0 spiro atoms. The largest absolute Gasteiger partial charge is 0.472 e. The van der Waals surface area contributed by atoms with E-state index in [-0.39, 0.29) is 11.8 Å². The molecule has 3 aromatic heterocycles. The van der Waals surface area contributed by atoms with E-state index in [9.17, 15) is 4.79 Å². The van der Waals surface area contributed by atoms with Gasteiger partial charge in [0, 0.05) is 11.4 Å². The van der Waals surface area contributed by atoms with Crippen molar-refractivity contribution in [3.05, 3.63) is 70.7 Å². The summed E-state index contributed by atoms with van der Waals surface area (Å²) in [5.74, 6) is 0.729. The van der Waals surface area contributed by atoms with Crippen LogP contribution in [0.1, 0.15) is 26.9 Å². The zero-order valence-electron chi connectivity index (χ0n) is 10.6. The van der Waals surface area contributed by atoms with E-state index in [0.29, 0.717) is 12.1 Å². The average Bonchev–Trinajstić information content (AvgIpc) is 3.22. The third kappa shape index (κ3) is 2.67. The Hall–Kier alpha value is -2.27. The molecule has 1 atom stereocenters. The van der Waals surface area contributed by atoms with Crippen LogP contribution in [0.4, 0.5) is 0 Å². The second kappa shape index (κ2) is 5.79. The highest BCUT2D eigenvalue weighted by molar-refractivity contribution is 7.10. The van der Waals surface area contributed by atoms with Crippen LogP contribution in [0.5, 0.6) is 0 Å². The first-order valence-electron chi connectivity index (χ1n) is 6.22. The Morgan fingerprint density at radius 2 is 2.20 bits per heavy atom. The van der Waals surface area contributed by atoms with Crippen molar-refractivity contribution in [3.63, 3.8) is 0 Å². The Kier molecular flexibility index (Phi) is 3.69. The first-order chi connectivity index (χ1) is 9.84. The Bertz CT molecular complexity index is 607. The number of hydrogen-bond donors (Lipinski definition) is 1. The predicted octanol–water partition coefficient (Wildman–Crippen LogP) is 3.50. The van der Waals surface area contributed by atoms with Gasteiger partial charge in [0.25, 0.3) is 5.91 Å². The number of carbonyl (C=O) groups excluding carboxylic acids is 1. The predicted molar refractivity (Wildman–Crippen MR) is 75.9 cm³/mol. The van der Waals surface area contributed by atoms with Gasteiger partial charge in [-0.25, -0.2) is 0 Å². The molecule has 0 aliphatic carbocycles. The van der Waals surface area contributed by atoms with E-state index in [4.69, 9.17) is 8.83 Å². The molecule has 0 unspecified atom stereocenters. The van der Waals surface area contributed by atoms with E-state index >= 15 is 0 Å². The number of thiophene rings is 1. The maximum atomic E-state index is 12.0. The molecule has 0 aliphatic heterocycles. The fourth-order valence-corrected chi connectivity index (χ4v) is 2.85. The summed E-state index contributed by atoms with van der Waals surface area (Å²) in [6.07, 6.45) is 4.56. The summed E-state index contributed by atoms with van der Waals surface area (Å²) in [7, 11) is 0. The van der Waals surface area contributed by atoms with Crippen molar-refractivity contribution in [2.45, 2.75) is 5.92 Å². The lowest BCUT2D eigenvalue weighted by molar-refractivity contribution is 0.0951. The van der Waals surface area contributed by atoms with Crippen molar-refractivity contribution in [1.29, 1.82) is 0 Å². The molecule has 102 valence electrons. The standard InChI is InChI=1S/C15H13NO3S/c17-15(11-5-7-18-10-11)16-9-12(13-3-1-6-19-13)14-4-2-8-20-14/h1-8,10,12H,9H2,(H,16,17)/t12-/m0/s1. The van der Waals surface area contributed by atoms with Gasteiger partial charge in [-0.15, -0.1) is 11.3 Å². The maximum absolute atomic E-state index is 12.0. The molecular formula is C15H13NO3S. The molecule has 20 heavy (non-hydrogen) atoms. The van der Waals surface area contributed by atoms with Gasteiger partial charge in [0.1, 0.15) is 12.0 Å². The molecule has 0 radical (unpaired) electrons. The van der Waals surface area contributed by atoms with Gasteiger partial charge in [-0.05, 0) is 29.6 Å². The second-order valence-corrected chi connectivity index (χ2v) is 5.28. The van der Waals surface area contributed by atoms with Crippen molar-refractivity contribution in [3.8, 4) is 0 Å². The van der Waals surface area contributed by atoms with E-state index in [1.54, 1.807) is 23.7 Å². The van der Waals surface area contributed by atoms with Crippen LogP contribution < -0.4 is 5.32 Å². The Morgan fingerprint density at radius 3 is 2.85 bits per heavy atom. The zero-order valence-corrected chi connectivity index (χ0v) is 11.4. The molecule has 3 heterocycles. The third-order valence-corrected chi connectivity index (χ3v) is 4.01. The molecule has 0 fully saturated rings. The van der Waals surface area contributed by atoms with Crippen molar-refractivity contribution in [2.75, 3.05) is 6.54 Å². The van der Waals surface area contributed by atoms with Crippen molar-refractivity contribution in [1.82, 2.24) is 5.32 Å². The van der Waals surface area contributed by atoms with Crippen LogP contribution in [-0.2, 0) is 0 Å². The van der Waals surface area contributed by atoms with Gasteiger partial charge in [-0.1, -0.05) is 6.07 Å². The molecular weight excluding hydrogens is 274 g/mol. The van der Waals surface area contributed by atoms with Gasteiger partial charge in [-0.3, -0.25) is 4.79 Å². The van der Waals surface area contributed by atoms with Crippen LogP contribution in [0.3, 0.4) is 0 Å².